The van der Waals surface area contributed by atoms with Gasteiger partial charge in [0.25, 0.3) is 0 Å². The van der Waals surface area contributed by atoms with Crippen LogP contribution in [0.15, 0.2) is 0 Å². The van der Waals surface area contributed by atoms with Gasteiger partial charge in [-0.3, -0.25) is 4.79 Å². The number of methoxy groups -OCH3 is 1. The summed E-state index contributed by atoms with van der Waals surface area (Å²) in [6.07, 6.45) is 3.35. The van der Waals surface area contributed by atoms with Crippen molar-refractivity contribution in [1.29, 1.82) is 0 Å². The van der Waals surface area contributed by atoms with Crippen molar-refractivity contribution in [2.45, 2.75) is 25.3 Å². The van der Waals surface area contributed by atoms with Crippen molar-refractivity contribution in [3.8, 4) is 0 Å². The molecule has 5 heteroatoms. The molecule has 0 aromatic carbocycles. The molecule has 2 unspecified atom stereocenters. The summed E-state index contributed by atoms with van der Waals surface area (Å²) in [7, 11) is 3.46. The summed E-state index contributed by atoms with van der Waals surface area (Å²) in [5.74, 6) is 0.481. The third-order valence-corrected chi connectivity index (χ3v) is 3.47. The van der Waals surface area contributed by atoms with E-state index in [1.165, 1.54) is 0 Å². The highest BCUT2D eigenvalue weighted by atomic mass is 16.5. The molecule has 0 aromatic heterocycles. The van der Waals surface area contributed by atoms with Crippen LogP contribution in [0, 0.1) is 5.92 Å². The summed E-state index contributed by atoms with van der Waals surface area (Å²) in [5.41, 5.74) is 5.72. The van der Waals surface area contributed by atoms with Crippen LogP contribution in [0.1, 0.15) is 19.3 Å². The van der Waals surface area contributed by atoms with Crippen LogP contribution in [0.5, 0.6) is 0 Å². The number of nitrogens with zero attached hydrogens (tertiary/aromatic N) is 1. The zero-order valence-corrected chi connectivity index (χ0v) is 10.9. The molecule has 0 radical (unpaired) electrons. The Morgan fingerprint density at radius 1 is 1.41 bits per heavy atom. The summed E-state index contributed by atoms with van der Waals surface area (Å²) in [6.45, 7) is 1.77. The standard InChI is InChI=1S/C12H24N2O3/c1-14(11-5-3-4-10(11)8-13)12(15)9-17-7-6-16-2/h10-11H,3-9,13H2,1-2H3. The van der Waals surface area contributed by atoms with E-state index >= 15 is 0 Å². The Labute approximate surface area is 103 Å². The maximum absolute atomic E-state index is 11.9. The third-order valence-electron chi connectivity index (χ3n) is 3.47. The molecule has 17 heavy (non-hydrogen) atoms. The second-order valence-electron chi connectivity index (χ2n) is 4.54. The van der Waals surface area contributed by atoms with Gasteiger partial charge in [0.1, 0.15) is 6.61 Å². The lowest BCUT2D eigenvalue weighted by Crippen LogP contribution is -2.43. The molecule has 2 atom stereocenters. The molecule has 0 aliphatic heterocycles. The van der Waals surface area contributed by atoms with E-state index in [0.29, 0.717) is 31.7 Å². The largest absolute Gasteiger partial charge is 0.382 e. The van der Waals surface area contributed by atoms with Gasteiger partial charge in [0.05, 0.1) is 13.2 Å². The van der Waals surface area contributed by atoms with Crippen molar-refractivity contribution in [2.75, 3.05) is 40.5 Å². The summed E-state index contributed by atoms with van der Waals surface area (Å²) in [4.78, 5) is 13.7. The predicted molar refractivity (Wildman–Crippen MR) is 65.6 cm³/mol. The number of rotatable bonds is 7. The number of hydrogen-bond acceptors (Lipinski definition) is 4. The van der Waals surface area contributed by atoms with Crippen molar-refractivity contribution in [2.24, 2.45) is 11.7 Å². The third kappa shape index (κ3) is 4.26. The first kappa shape index (κ1) is 14.4. The summed E-state index contributed by atoms with van der Waals surface area (Å²) in [6, 6.07) is 0.290. The smallest absolute Gasteiger partial charge is 0.248 e. The van der Waals surface area contributed by atoms with Crippen LogP contribution in [-0.2, 0) is 14.3 Å². The Morgan fingerprint density at radius 3 is 2.82 bits per heavy atom. The number of hydrogen-bond donors (Lipinski definition) is 1. The number of amides is 1. The quantitative estimate of drug-likeness (QED) is 0.651. The Balaban J connectivity index is 2.30. The van der Waals surface area contributed by atoms with Crippen LogP contribution >= 0.6 is 0 Å². The van der Waals surface area contributed by atoms with Crippen LogP contribution in [0.4, 0.5) is 0 Å². The van der Waals surface area contributed by atoms with Gasteiger partial charge in [0.15, 0.2) is 0 Å². The summed E-state index contributed by atoms with van der Waals surface area (Å²) in [5, 5.41) is 0. The van der Waals surface area contributed by atoms with E-state index in [0.717, 1.165) is 19.3 Å². The first-order valence-electron chi connectivity index (χ1n) is 6.23. The fraction of sp³-hybridized carbons (Fsp3) is 0.917. The van der Waals surface area contributed by atoms with Crippen molar-refractivity contribution in [1.82, 2.24) is 4.90 Å². The normalized spacial score (nSPS) is 23.9. The van der Waals surface area contributed by atoms with Gasteiger partial charge in [-0.15, -0.1) is 0 Å². The van der Waals surface area contributed by atoms with Crippen molar-refractivity contribution in [3.63, 3.8) is 0 Å². The van der Waals surface area contributed by atoms with Gasteiger partial charge >= 0.3 is 0 Å². The fourth-order valence-electron chi connectivity index (χ4n) is 2.39. The Bertz CT molecular complexity index is 236. The second kappa shape index (κ2) is 7.63. The van der Waals surface area contributed by atoms with E-state index in [1.807, 2.05) is 7.05 Å². The highest BCUT2D eigenvalue weighted by Gasteiger charge is 2.31. The van der Waals surface area contributed by atoms with Gasteiger partial charge in [-0.2, -0.15) is 0 Å². The molecule has 0 heterocycles. The SMILES string of the molecule is COCCOCC(=O)N(C)C1CCCC1CN. The highest BCUT2D eigenvalue weighted by Crippen LogP contribution is 2.28. The number of carbonyl (C=O) groups excluding carboxylic acids is 1. The van der Waals surface area contributed by atoms with Gasteiger partial charge in [0, 0.05) is 20.2 Å². The molecule has 1 aliphatic carbocycles. The van der Waals surface area contributed by atoms with Crippen LogP contribution in [0.2, 0.25) is 0 Å². The molecule has 0 aromatic rings. The van der Waals surface area contributed by atoms with E-state index in [9.17, 15) is 4.79 Å². The Hall–Kier alpha value is -0.650. The first-order chi connectivity index (χ1) is 8.20. The van der Waals surface area contributed by atoms with Crippen molar-refractivity contribution < 1.29 is 14.3 Å². The molecule has 1 fully saturated rings. The van der Waals surface area contributed by atoms with Gasteiger partial charge in [-0.1, -0.05) is 6.42 Å². The summed E-state index contributed by atoms with van der Waals surface area (Å²) >= 11 is 0. The zero-order chi connectivity index (χ0) is 12.7. The van der Waals surface area contributed by atoms with E-state index in [2.05, 4.69) is 0 Å². The first-order valence-corrected chi connectivity index (χ1v) is 6.23. The minimum Gasteiger partial charge on any atom is -0.382 e. The number of ether oxygens (including phenoxy) is 2. The molecular formula is C12H24N2O3. The van der Waals surface area contributed by atoms with E-state index in [-0.39, 0.29) is 12.5 Å². The molecule has 1 amide bonds. The van der Waals surface area contributed by atoms with Crippen molar-refractivity contribution in [3.05, 3.63) is 0 Å². The van der Waals surface area contributed by atoms with E-state index in [4.69, 9.17) is 15.2 Å². The lowest BCUT2D eigenvalue weighted by atomic mass is 10.0. The molecule has 1 saturated carbocycles. The predicted octanol–water partition coefficient (Wildman–Crippen LogP) is 0.235. The zero-order valence-electron chi connectivity index (χ0n) is 10.9. The Morgan fingerprint density at radius 2 is 2.18 bits per heavy atom. The van der Waals surface area contributed by atoms with Gasteiger partial charge < -0.3 is 20.1 Å². The minimum atomic E-state index is 0.0338. The van der Waals surface area contributed by atoms with Gasteiger partial charge in [0.2, 0.25) is 5.91 Å². The minimum absolute atomic E-state index is 0.0338. The number of likely N-dealkylation sites (N-methyl/N-ethyl adjacent to an activating group) is 1. The maximum atomic E-state index is 11.9. The molecule has 2 N–H and O–H groups in total. The molecular weight excluding hydrogens is 220 g/mol. The van der Waals surface area contributed by atoms with E-state index in [1.54, 1.807) is 12.0 Å². The molecule has 1 aliphatic rings. The number of carbonyl (C=O) groups is 1. The fourth-order valence-corrected chi connectivity index (χ4v) is 2.39. The highest BCUT2D eigenvalue weighted by molar-refractivity contribution is 5.77. The average molecular weight is 244 g/mol. The molecule has 0 saturated heterocycles. The van der Waals surface area contributed by atoms with Crippen molar-refractivity contribution >= 4 is 5.91 Å². The summed E-state index contributed by atoms with van der Waals surface area (Å²) < 4.78 is 10.1. The second-order valence-corrected chi connectivity index (χ2v) is 4.54. The molecule has 100 valence electrons. The van der Waals surface area contributed by atoms with Gasteiger partial charge in [-0.25, -0.2) is 0 Å². The Kier molecular flexibility index (Phi) is 6.47. The molecule has 1 rings (SSSR count). The number of nitrogens with two attached hydrogens (primary N) is 1. The average Bonchev–Trinajstić information content (AvgIpc) is 2.81. The van der Waals surface area contributed by atoms with Crippen LogP contribution in [0.3, 0.4) is 0 Å². The topological polar surface area (TPSA) is 64.8 Å². The monoisotopic (exact) mass is 244 g/mol. The van der Waals surface area contributed by atoms with E-state index < -0.39 is 0 Å². The molecule has 0 spiro atoms. The van der Waals surface area contributed by atoms with Crippen LogP contribution in [-0.4, -0.2) is 57.4 Å². The molecule has 0 bridgehead atoms. The van der Waals surface area contributed by atoms with Gasteiger partial charge in [-0.05, 0) is 25.3 Å². The lowest BCUT2D eigenvalue weighted by Gasteiger charge is -2.29. The lowest BCUT2D eigenvalue weighted by molar-refractivity contribution is -0.138. The van der Waals surface area contributed by atoms with Crippen LogP contribution < -0.4 is 5.73 Å². The molecule has 5 nitrogen and oxygen atoms in total. The maximum Gasteiger partial charge on any atom is 0.248 e. The van der Waals surface area contributed by atoms with Crippen LogP contribution in [0.25, 0.3) is 0 Å².